The predicted octanol–water partition coefficient (Wildman–Crippen LogP) is 2.94. The minimum Gasteiger partial charge on any atom is -0.383 e. The van der Waals surface area contributed by atoms with E-state index < -0.39 is 0 Å². The molecule has 0 bridgehead atoms. The second-order valence-corrected chi connectivity index (χ2v) is 5.42. The van der Waals surface area contributed by atoms with Crippen LogP contribution in [0.1, 0.15) is 29.2 Å². The van der Waals surface area contributed by atoms with Crippen LogP contribution in [-0.2, 0) is 17.7 Å². The number of fused-ring (bicyclic) bond motifs is 1. The fourth-order valence-corrected chi connectivity index (χ4v) is 2.82. The van der Waals surface area contributed by atoms with E-state index in [0.29, 0.717) is 12.6 Å². The molecule has 0 aliphatic heterocycles. The largest absolute Gasteiger partial charge is 0.383 e. The Morgan fingerprint density at radius 2 is 2.35 bits per heavy atom. The maximum Gasteiger partial charge on any atom is 0.0731 e. The molecule has 1 N–H and O–H groups in total. The van der Waals surface area contributed by atoms with Gasteiger partial charge in [-0.3, -0.25) is 4.68 Å². The Morgan fingerprint density at radius 3 is 3.20 bits per heavy atom. The summed E-state index contributed by atoms with van der Waals surface area (Å²) in [6, 6.07) is 7.17. The molecule has 0 radical (unpaired) electrons. The maximum absolute atomic E-state index is 5.07. The van der Waals surface area contributed by atoms with Crippen LogP contribution in [0.5, 0.6) is 0 Å². The Morgan fingerprint density at radius 1 is 1.45 bits per heavy atom. The third kappa shape index (κ3) is 2.70. The molecule has 0 saturated carbocycles. The van der Waals surface area contributed by atoms with Gasteiger partial charge in [-0.25, -0.2) is 0 Å². The predicted molar refractivity (Wildman–Crippen MR) is 80.0 cm³/mol. The number of anilines is 1. The van der Waals surface area contributed by atoms with E-state index in [9.17, 15) is 0 Å². The molecule has 2 aromatic rings. The van der Waals surface area contributed by atoms with Gasteiger partial charge in [0.2, 0.25) is 0 Å². The number of hydrogen-bond acceptors (Lipinski definition) is 3. The smallest absolute Gasteiger partial charge is 0.0731 e. The van der Waals surface area contributed by atoms with Gasteiger partial charge in [-0.15, -0.1) is 0 Å². The molecule has 1 aliphatic rings. The Labute approximate surface area is 119 Å². The van der Waals surface area contributed by atoms with Crippen molar-refractivity contribution >= 4 is 5.69 Å². The van der Waals surface area contributed by atoms with E-state index in [4.69, 9.17) is 4.74 Å². The van der Waals surface area contributed by atoms with Crippen LogP contribution >= 0.6 is 0 Å². The van der Waals surface area contributed by atoms with Crippen molar-refractivity contribution in [3.05, 3.63) is 47.3 Å². The summed E-state index contributed by atoms with van der Waals surface area (Å²) in [6.45, 7) is 3.63. The number of nitrogens with one attached hydrogen (secondary N) is 1. The zero-order chi connectivity index (χ0) is 13.9. The first kappa shape index (κ1) is 13.2. The lowest BCUT2D eigenvalue weighted by Crippen LogP contribution is -2.07. The summed E-state index contributed by atoms with van der Waals surface area (Å²) in [6.07, 6.45) is 6.25. The summed E-state index contributed by atoms with van der Waals surface area (Å²) in [5.41, 5.74) is 5.32. The summed E-state index contributed by atoms with van der Waals surface area (Å²) in [4.78, 5) is 0. The second kappa shape index (κ2) is 5.67. The molecule has 0 fully saturated rings. The third-order valence-electron chi connectivity index (χ3n) is 3.88. The summed E-state index contributed by atoms with van der Waals surface area (Å²) < 4.78 is 6.98. The van der Waals surface area contributed by atoms with E-state index in [1.807, 2.05) is 17.1 Å². The number of aromatic nitrogens is 2. The molecule has 20 heavy (non-hydrogen) atoms. The highest BCUT2D eigenvalue weighted by atomic mass is 16.5. The van der Waals surface area contributed by atoms with Gasteiger partial charge in [0, 0.05) is 13.3 Å². The van der Waals surface area contributed by atoms with Crippen LogP contribution in [0, 0.1) is 6.92 Å². The van der Waals surface area contributed by atoms with E-state index in [2.05, 4.69) is 35.5 Å². The minimum absolute atomic E-state index is 0.407. The van der Waals surface area contributed by atoms with Crippen LogP contribution in [0.4, 0.5) is 5.69 Å². The Kier molecular flexibility index (Phi) is 3.74. The molecule has 0 saturated heterocycles. The van der Waals surface area contributed by atoms with Crippen molar-refractivity contribution in [2.24, 2.45) is 0 Å². The minimum atomic E-state index is 0.407. The van der Waals surface area contributed by atoms with Gasteiger partial charge in [0.25, 0.3) is 0 Å². The average molecular weight is 271 g/mol. The van der Waals surface area contributed by atoms with Gasteiger partial charge in [-0.05, 0) is 30.9 Å². The molecule has 1 aliphatic carbocycles. The summed E-state index contributed by atoms with van der Waals surface area (Å²) >= 11 is 0. The molecule has 0 amide bonds. The monoisotopic (exact) mass is 271 g/mol. The molecule has 1 heterocycles. The van der Waals surface area contributed by atoms with Crippen LogP contribution < -0.4 is 5.32 Å². The van der Waals surface area contributed by atoms with Crippen LogP contribution in [0.2, 0.25) is 0 Å². The second-order valence-electron chi connectivity index (χ2n) is 5.42. The summed E-state index contributed by atoms with van der Waals surface area (Å²) in [5.74, 6) is 0. The van der Waals surface area contributed by atoms with E-state index in [1.165, 1.54) is 16.7 Å². The van der Waals surface area contributed by atoms with Crippen molar-refractivity contribution in [1.82, 2.24) is 9.78 Å². The first-order chi connectivity index (χ1) is 9.76. The number of hydrogen-bond donors (Lipinski definition) is 1. The Bertz CT molecular complexity index is 591. The number of benzene rings is 1. The summed E-state index contributed by atoms with van der Waals surface area (Å²) in [5, 5.41) is 7.94. The first-order valence-electron chi connectivity index (χ1n) is 7.13. The van der Waals surface area contributed by atoms with Crippen molar-refractivity contribution < 1.29 is 4.74 Å². The highest BCUT2D eigenvalue weighted by molar-refractivity contribution is 5.46. The van der Waals surface area contributed by atoms with Crippen molar-refractivity contribution in [3.63, 3.8) is 0 Å². The van der Waals surface area contributed by atoms with Crippen LogP contribution in [0.15, 0.2) is 30.6 Å². The topological polar surface area (TPSA) is 39.1 Å². The zero-order valence-corrected chi connectivity index (χ0v) is 12.1. The Hall–Kier alpha value is -1.81. The maximum atomic E-state index is 5.07. The molecule has 4 nitrogen and oxygen atoms in total. The van der Waals surface area contributed by atoms with Gasteiger partial charge in [-0.1, -0.05) is 23.8 Å². The van der Waals surface area contributed by atoms with Gasteiger partial charge < -0.3 is 10.1 Å². The molecular formula is C16H21N3O. The lowest BCUT2D eigenvalue weighted by molar-refractivity contribution is 0.183. The summed E-state index contributed by atoms with van der Waals surface area (Å²) in [7, 11) is 1.71. The van der Waals surface area contributed by atoms with Gasteiger partial charge in [0.15, 0.2) is 0 Å². The zero-order valence-electron chi connectivity index (χ0n) is 12.1. The van der Waals surface area contributed by atoms with E-state index in [-0.39, 0.29) is 0 Å². The highest BCUT2D eigenvalue weighted by Crippen LogP contribution is 2.34. The van der Waals surface area contributed by atoms with Crippen molar-refractivity contribution in [2.75, 3.05) is 19.0 Å². The quantitative estimate of drug-likeness (QED) is 0.908. The van der Waals surface area contributed by atoms with Crippen molar-refractivity contribution in [1.29, 1.82) is 0 Å². The van der Waals surface area contributed by atoms with Crippen molar-refractivity contribution in [2.45, 2.75) is 32.4 Å². The number of aryl methyl sites for hydroxylation is 2. The SMILES string of the molecule is COCCn1cc(NC2CCc3ccc(C)cc32)cn1. The van der Waals surface area contributed by atoms with Crippen LogP contribution in [0.3, 0.4) is 0 Å². The van der Waals surface area contributed by atoms with Crippen LogP contribution in [0.25, 0.3) is 0 Å². The third-order valence-corrected chi connectivity index (χ3v) is 3.88. The number of nitrogens with zero attached hydrogens (tertiary/aromatic N) is 2. The van der Waals surface area contributed by atoms with Gasteiger partial charge in [0.05, 0.1) is 31.1 Å². The average Bonchev–Trinajstić information content (AvgIpc) is 3.05. The van der Waals surface area contributed by atoms with Crippen molar-refractivity contribution in [3.8, 4) is 0 Å². The lowest BCUT2D eigenvalue weighted by atomic mass is 10.1. The van der Waals surface area contributed by atoms with Gasteiger partial charge in [0.1, 0.15) is 0 Å². The number of rotatable bonds is 5. The Balaban J connectivity index is 1.70. The lowest BCUT2D eigenvalue weighted by Gasteiger charge is -2.14. The molecule has 4 heteroatoms. The molecule has 0 spiro atoms. The number of ether oxygens (including phenoxy) is 1. The molecule has 1 aromatic heterocycles. The number of methoxy groups -OCH3 is 1. The van der Waals surface area contributed by atoms with E-state index >= 15 is 0 Å². The van der Waals surface area contributed by atoms with E-state index in [1.54, 1.807) is 7.11 Å². The molecule has 1 atom stereocenters. The fraction of sp³-hybridized carbons (Fsp3) is 0.438. The highest BCUT2D eigenvalue weighted by Gasteiger charge is 2.22. The normalized spacial score (nSPS) is 17.2. The standard InChI is InChI=1S/C16H21N3O/c1-12-3-4-13-5-6-16(15(13)9-12)18-14-10-17-19(11-14)7-8-20-2/h3-4,9-11,16,18H,5-8H2,1-2H3. The molecule has 1 unspecified atom stereocenters. The van der Waals surface area contributed by atoms with Gasteiger partial charge >= 0.3 is 0 Å². The molecule has 106 valence electrons. The molecular weight excluding hydrogens is 250 g/mol. The molecule has 1 aromatic carbocycles. The molecule has 3 rings (SSSR count). The van der Waals surface area contributed by atoms with Gasteiger partial charge in [-0.2, -0.15) is 5.10 Å². The fourth-order valence-electron chi connectivity index (χ4n) is 2.82. The van der Waals surface area contributed by atoms with Crippen LogP contribution in [-0.4, -0.2) is 23.5 Å². The first-order valence-corrected chi connectivity index (χ1v) is 7.13. The van der Waals surface area contributed by atoms with E-state index in [0.717, 1.165) is 25.1 Å².